The standard InChI is InChI=1S/C13H14O6S/c1-3-18-13(15)11(8-14)9-19-20(16,17)12-6-4-10(2)5-7-12/h4-9H,3H2,1-2H3/b11-9-. The Hall–Kier alpha value is -2.15. The van der Waals surface area contributed by atoms with Gasteiger partial charge in [-0.05, 0) is 26.0 Å². The molecule has 0 atom stereocenters. The zero-order chi connectivity index (χ0) is 15.2. The zero-order valence-electron chi connectivity index (χ0n) is 11.0. The summed E-state index contributed by atoms with van der Waals surface area (Å²) < 4.78 is 32.7. The van der Waals surface area contributed by atoms with Crippen molar-refractivity contribution in [2.75, 3.05) is 6.61 Å². The Kier molecular flexibility index (Phi) is 5.45. The smallest absolute Gasteiger partial charge is 0.344 e. The van der Waals surface area contributed by atoms with Gasteiger partial charge in [0.2, 0.25) is 0 Å². The summed E-state index contributed by atoms with van der Waals surface area (Å²) in [5, 5.41) is 0. The molecule has 0 heterocycles. The van der Waals surface area contributed by atoms with Crippen molar-refractivity contribution in [3.05, 3.63) is 41.7 Å². The summed E-state index contributed by atoms with van der Waals surface area (Å²) in [5.74, 6) is -0.943. The number of benzene rings is 1. The molecule has 0 radical (unpaired) electrons. The second kappa shape index (κ2) is 6.85. The van der Waals surface area contributed by atoms with Gasteiger partial charge in [-0.1, -0.05) is 17.7 Å². The minimum atomic E-state index is -4.07. The summed E-state index contributed by atoms with van der Waals surface area (Å²) >= 11 is 0. The molecule has 0 N–H and O–H groups in total. The molecule has 6 nitrogen and oxygen atoms in total. The lowest BCUT2D eigenvalue weighted by atomic mass is 10.2. The van der Waals surface area contributed by atoms with Gasteiger partial charge in [-0.15, -0.1) is 0 Å². The molecule has 1 aromatic carbocycles. The predicted molar refractivity (Wildman–Crippen MR) is 70.2 cm³/mol. The van der Waals surface area contributed by atoms with E-state index >= 15 is 0 Å². The molecule has 7 heteroatoms. The first kappa shape index (κ1) is 15.9. The number of carbonyl (C=O) groups excluding carboxylic acids is 2. The molecular formula is C13H14O6S. The van der Waals surface area contributed by atoms with Crippen molar-refractivity contribution < 1.29 is 26.9 Å². The Balaban J connectivity index is 2.93. The van der Waals surface area contributed by atoms with E-state index < -0.39 is 21.7 Å². The number of esters is 1. The molecule has 108 valence electrons. The fraction of sp³-hybridized carbons (Fsp3) is 0.231. The lowest BCUT2D eigenvalue weighted by molar-refractivity contribution is -0.139. The molecule has 1 aromatic rings. The molecule has 0 bridgehead atoms. The number of rotatable bonds is 6. The lowest BCUT2D eigenvalue weighted by Gasteiger charge is -2.04. The Bertz CT molecular complexity index is 613. The van der Waals surface area contributed by atoms with Crippen LogP contribution in [-0.4, -0.2) is 27.3 Å². The van der Waals surface area contributed by atoms with Crippen LogP contribution < -0.4 is 0 Å². The SMILES string of the molecule is CCOC(=O)/C(C=O)=C\OS(=O)(=O)c1ccc(C)cc1. The molecule has 1 rings (SSSR count). The fourth-order valence-corrected chi connectivity index (χ4v) is 2.02. The minimum absolute atomic E-state index is 0.0642. The number of carbonyl (C=O) groups is 2. The average Bonchev–Trinajstić information content (AvgIpc) is 2.40. The second-order valence-electron chi connectivity index (χ2n) is 3.77. The van der Waals surface area contributed by atoms with Crippen LogP contribution in [0.1, 0.15) is 12.5 Å². The van der Waals surface area contributed by atoms with Crippen molar-refractivity contribution in [3.8, 4) is 0 Å². The van der Waals surface area contributed by atoms with Gasteiger partial charge < -0.3 is 8.92 Å². The van der Waals surface area contributed by atoms with Crippen LogP contribution in [0.25, 0.3) is 0 Å². The molecule has 0 unspecified atom stereocenters. The quantitative estimate of drug-likeness (QED) is 0.150. The summed E-state index contributed by atoms with van der Waals surface area (Å²) in [6, 6.07) is 5.94. The normalized spacial score (nSPS) is 11.8. The molecule has 0 aliphatic rings. The van der Waals surface area contributed by atoms with E-state index in [1.165, 1.54) is 12.1 Å². The Morgan fingerprint density at radius 1 is 1.25 bits per heavy atom. The van der Waals surface area contributed by atoms with Crippen LogP contribution in [0, 0.1) is 6.92 Å². The highest BCUT2D eigenvalue weighted by Gasteiger charge is 2.17. The maximum atomic E-state index is 11.8. The van der Waals surface area contributed by atoms with Gasteiger partial charge in [-0.3, -0.25) is 4.79 Å². The third-order valence-corrected chi connectivity index (χ3v) is 3.45. The molecule has 0 aromatic heterocycles. The molecule has 0 saturated heterocycles. The minimum Gasteiger partial charge on any atom is -0.462 e. The van der Waals surface area contributed by atoms with Gasteiger partial charge in [0.15, 0.2) is 6.29 Å². The number of ether oxygens (including phenoxy) is 1. The van der Waals surface area contributed by atoms with Crippen LogP contribution in [-0.2, 0) is 28.6 Å². The zero-order valence-corrected chi connectivity index (χ0v) is 11.8. The highest BCUT2D eigenvalue weighted by Crippen LogP contribution is 2.14. The van der Waals surface area contributed by atoms with E-state index in [0.29, 0.717) is 6.26 Å². The van der Waals surface area contributed by atoms with E-state index in [-0.39, 0.29) is 17.8 Å². The van der Waals surface area contributed by atoms with Crippen molar-refractivity contribution in [2.45, 2.75) is 18.7 Å². The average molecular weight is 298 g/mol. The van der Waals surface area contributed by atoms with Gasteiger partial charge in [0.05, 0.1) is 6.61 Å². The van der Waals surface area contributed by atoms with Crippen LogP contribution in [0.15, 0.2) is 41.0 Å². The van der Waals surface area contributed by atoms with Gasteiger partial charge in [0.1, 0.15) is 16.7 Å². The van der Waals surface area contributed by atoms with Crippen LogP contribution >= 0.6 is 0 Å². The summed E-state index contributed by atoms with van der Waals surface area (Å²) in [5.41, 5.74) is 0.377. The van der Waals surface area contributed by atoms with E-state index in [1.807, 2.05) is 6.92 Å². The maximum absolute atomic E-state index is 11.8. The van der Waals surface area contributed by atoms with Crippen molar-refractivity contribution >= 4 is 22.4 Å². The van der Waals surface area contributed by atoms with Gasteiger partial charge >= 0.3 is 16.1 Å². The fourth-order valence-electron chi connectivity index (χ4n) is 1.21. The highest BCUT2D eigenvalue weighted by atomic mass is 32.2. The van der Waals surface area contributed by atoms with Crippen LogP contribution in [0.4, 0.5) is 0 Å². The van der Waals surface area contributed by atoms with Gasteiger partial charge in [-0.2, -0.15) is 8.42 Å². The molecule has 0 aliphatic carbocycles. The van der Waals surface area contributed by atoms with E-state index in [2.05, 4.69) is 8.92 Å². The second-order valence-corrected chi connectivity index (χ2v) is 5.35. The monoisotopic (exact) mass is 298 g/mol. The molecule has 0 aliphatic heterocycles. The van der Waals surface area contributed by atoms with Crippen molar-refractivity contribution in [3.63, 3.8) is 0 Å². The van der Waals surface area contributed by atoms with Crippen molar-refractivity contribution in [2.24, 2.45) is 0 Å². The number of hydrogen-bond acceptors (Lipinski definition) is 6. The highest BCUT2D eigenvalue weighted by molar-refractivity contribution is 7.86. The largest absolute Gasteiger partial charge is 0.462 e. The van der Waals surface area contributed by atoms with Crippen LogP contribution in [0.5, 0.6) is 0 Å². The molecule has 0 saturated carbocycles. The van der Waals surface area contributed by atoms with E-state index in [1.54, 1.807) is 19.1 Å². The summed E-state index contributed by atoms with van der Waals surface area (Å²) in [6.45, 7) is 3.43. The third kappa shape index (κ3) is 4.20. The first-order valence-electron chi connectivity index (χ1n) is 5.73. The molecule has 20 heavy (non-hydrogen) atoms. The Morgan fingerprint density at radius 3 is 2.35 bits per heavy atom. The van der Waals surface area contributed by atoms with E-state index in [0.717, 1.165) is 5.56 Å². The Morgan fingerprint density at radius 2 is 1.85 bits per heavy atom. The molecule has 0 amide bonds. The van der Waals surface area contributed by atoms with Gasteiger partial charge in [-0.25, -0.2) is 4.79 Å². The van der Waals surface area contributed by atoms with E-state index in [4.69, 9.17) is 0 Å². The first-order valence-corrected chi connectivity index (χ1v) is 7.14. The number of hydrogen-bond donors (Lipinski definition) is 0. The third-order valence-electron chi connectivity index (χ3n) is 2.25. The Labute approximate surface area is 117 Å². The van der Waals surface area contributed by atoms with E-state index in [9.17, 15) is 18.0 Å². The van der Waals surface area contributed by atoms with Crippen LogP contribution in [0.2, 0.25) is 0 Å². The summed E-state index contributed by atoms with van der Waals surface area (Å²) in [6.07, 6.45) is 0.739. The maximum Gasteiger partial charge on any atom is 0.344 e. The molecule has 0 fully saturated rings. The molecular weight excluding hydrogens is 284 g/mol. The number of aryl methyl sites for hydroxylation is 1. The molecule has 0 spiro atoms. The van der Waals surface area contributed by atoms with Crippen molar-refractivity contribution in [1.29, 1.82) is 0 Å². The van der Waals surface area contributed by atoms with Gasteiger partial charge in [0.25, 0.3) is 0 Å². The summed E-state index contributed by atoms with van der Waals surface area (Å²) in [7, 11) is -4.07. The number of aldehydes is 1. The topological polar surface area (TPSA) is 86.7 Å². The van der Waals surface area contributed by atoms with Crippen molar-refractivity contribution in [1.82, 2.24) is 0 Å². The van der Waals surface area contributed by atoms with Gasteiger partial charge in [0, 0.05) is 0 Å². The predicted octanol–water partition coefficient (Wildman–Crippen LogP) is 1.35. The lowest BCUT2D eigenvalue weighted by Crippen LogP contribution is -2.10. The summed E-state index contributed by atoms with van der Waals surface area (Å²) in [4.78, 5) is 21.9. The first-order chi connectivity index (χ1) is 9.40. The van der Waals surface area contributed by atoms with Crippen LogP contribution in [0.3, 0.4) is 0 Å².